The van der Waals surface area contributed by atoms with Crippen LogP contribution in [0.1, 0.15) is 19.3 Å². The lowest BCUT2D eigenvalue weighted by Crippen LogP contribution is -2.39. The van der Waals surface area contributed by atoms with Crippen LogP contribution in [-0.4, -0.2) is 21.0 Å². The molecule has 0 aromatic heterocycles. The molecule has 1 aromatic rings. The van der Waals surface area contributed by atoms with Gasteiger partial charge >= 0.3 is 0 Å². The first-order valence-electron chi connectivity index (χ1n) is 6.11. The molecule has 3 N–H and O–H groups in total. The third-order valence-electron chi connectivity index (χ3n) is 3.45. The Hall–Kier alpha value is -0.140. The van der Waals surface area contributed by atoms with E-state index in [0.29, 0.717) is 6.54 Å². The number of nitrogens with two attached hydrogens (primary N) is 1. The SMILES string of the molecule is NCC1CCCC1NS(=O)(=O)c1ccc(Br)cc1Cl. The predicted molar refractivity (Wildman–Crippen MR) is 79.7 cm³/mol. The van der Waals surface area contributed by atoms with Crippen LogP contribution in [0.25, 0.3) is 0 Å². The van der Waals surface area contributed by atoms with Gasteiger partial charge in [-0.3, -0.25) is 0 Å². The van der Waals surface area contributed by atoms with Crippen molar-refractivity contribution in [1.29, 1.82) is 0 Å². The maximum atomic E-state index is 12.3. The molecule has 1 fully saturated rings. The highest BCUT2D eigenvalue weighted by atomic mass is 79.9. The van der Waals surface area contributed by atoms with Crippen LogP contribution < -0.4 is 10.5 Å². The van der Waals surface area contributed by atoms with Crippen LogP contribution in [-0.2, 0) is 10.0 Å². The normalized spacial score (nSPS) is 23.7. The summed E-state index contributed by atoms with van der Waals surface area (Å²) in [5.74, 6) is 0.212. The van der Waals surface area contributed by atoms with Crippen molar-refractivity contribution >= 4 is 37.6 Å². The minimum atomic E-state index is -3.59. The molecule has 1 aromatic carbocycles. The summed E-state index contributed by atoms with van der Waals surface area (Å²) in [6, 6.07) is 4.65. The Morgan fingerprint density at radius 1 is 1.42 bits per heavy atom. The Kier molecular flexibility index (Phi) is 4.89. The van der Waals surface area contributed by atoms with E-state index in [-0.39, 0.29) is 21.9 Å². The molecular weight excluding hydrogens is 352 g/mol. The van der Waals surface area contributed by atoms with Crippen molar-refractivity contribution in [2.45, 2.75) is 30.2 Å². The molecule has 0 amide bonds. The van der Waals surface area contributed by atoms with Crippen molar-refractivity contribution in [3.05, 3.63) is 27.7 Å². The molecule has 2 rings (SSSR count). The fourth-order valence-electron chi connectivity index (χ4n) is 2.43. The van der Waals surface area contributed by atoms with Crippen LogP contribution in [0.3, 0.4) is 0 Å². The zero-order chi connectivity index (χ0) is 14.0. The molecule has 19 heavy (non-hydrogen) atoms. The van der Waals surface area contributed by atoms with Gasteiger partial charge in [0.1, 0.15) is 4.90 Å². The molecule has 7 heteroatoms. The van der Waals surface area contributed by atoms with Gasteiger partial charge in [-0.15, -0.1) is 0 Å². The number of nitrogens with one attached hydrogen (secondary N) is 1. The molecule has 1 saturated carbocycles. The van der Waals surface area contributed by atoms with E-state index in [0.717, 1.165) is 23.7 Å². The molecule has 0 heterocycles. The molecule has 0 bridgehead atoms. The van der Waals surface area contributed by atoms with Crippen molar-refractivity contribution in [2.75, 3.05) is 6.54 Å². The summed E-state index contributed by atoms with van der Waals surface area (Å²) in [5.41, 5.74) is 5.66. The van der Waals surface area contributed by atoms with Crippen LogP contribution in [0.15, 0.2) is 27.6 Å². The number of hydrogen-bond donors (Lipinski definition) is 2. The molecular formula is C12H16BrClN2O2S. The van der Waals surface area contributed by atoms with Crippen LogP contribution in [0.4, 0.5) is 0 Å². The molecule has 2 atom stereocenters. The Labute approximate surface area is 126 Å². The van der Waals surface area contributed by atoms with Gasteiger partial charge in [0.25, 0.3) is 0 Å². The first-order chi connectivity index (χ1) is 8.94. The zero-order valence-electron chi connectivity index (χ0n) is 10.3. The van der Waals surface area contributed by atoms with Crippen LogP contribution in [0.5, 0.6) is 0 Å². The average molecular weight is 368 g/mol. The second kappa shape index (κ2) is 6.10. The van der Waals surface area contributed by atoms with E-state index in [4.69, 9.17) is 17.3 Å². The van der Waals surface area contributed by atoms with Gasteiger partial charge in [0.05, 0.1) is 5.02 Å². The lowest BCUT2D eigenvalue weighted by atomic mass is 10.1. The van der Waals surface area contributed by atoms with E-state index in [2.05, 4.69) is 20.7 Å². The maximum absolute atomic E-state index is 12.3. The summed E-state index contributed by atoms with van der Waals surface area (Å²) in [7, 11) is -3.59. The van der Waals surface area contributed by atoms with E-state index >= 15 is 0 Å². The highest BCUT2D eigenvalue weighted by Gasteiger charge is 2.31. The largest absolute Gasteiger partial charge is 0.330 e. The standard InChI is InChI=1S/C12H16BrClN2O2S/c13-9-4-5-12(10(14)6-9)19(17,18)16-11-3-1-2-8(11)7-15/h4-6,8,11,16H,1-3,7,15H2. The van der Waals surface area contributed by atoms with E-state index in [9.17, 15) is 8.42 Å². The van der Waals surface area contributed by atoms with Gasteiger partial charge in [-0.05, 0) is 43.5 Å². The Balaban J connectivity index is 2.23. The summed E-state index contributed by atoms with van der Waals surface area (Å²) < 4.78 is 28.1. The molecule has 1 aliphatic carbocycles. The minimum Gasteiger partial charge on any atom is -0.330 e. The first kappa shape index (κ1) is 15.3. The van der Waals surface area contributed by atoms with Crippen LogP contribution in [0.2, 0.25) is 5.02 Å². The lowest BCUT2D eigenvalue weighted by Gasteiger charge is -2.19. The fraction of sp³-hybridized carbons (Fsp3) is 0.500. The molecule has 0 saturated heterocycles. The zero-order valence-corrected chi connectivity index (χ0v) is 13.4. The van der Waals surface area contributed by atoms with E-state index in [1.807, 2.05) is 0 Å². The highest BCUT2D eigenvalue weighted by molar-refractivity contribution is 9.10. The Morgan fingerprint density at radius 3 is 2.79 bits per heavy atom. The predicted octanol–water partition coefficient (Wildman–Crippen LogP) is 2.51. The summed E-state index contributed by atoms with van der Waals surface area (Å²) >= 11 is 9.25. The van der Waals surface area contributed by atoms with Crippen LogP contribution in [0, 0.1) is 5.92 Å². The van der Waals surface area contributed by atoms with E-state index < -0.39 is 10.0 Å². The molecule has 0 aliphatic heterocycles. The Morgan fingerprint density at radius 2 is 2.16 bits per heavy atom. The van der Waals surface area contributed by atoms with Gasteiger partial charge in [0.15, 0.2) is 0 Å². The molecule has 0 radical (unpaired) electrons. The Bertz CT molecular complexity index is 565. The van der Waals surface area contributed by atoms with Crippen molar-refractivity contribution in [3.8, 4) is 0 Å². The molecule has 1 aliphatic rings. The third-order valence-corrected chi connectivity index (χ3v) is 5.92. The van der Waals surface area contributed by atoms with Crippen LogP contribution >= 0.6 is 27.5 Å². The molecule has 0 spiro atoms. The number of sulfonamides is 1. The van der Waals surface area contributed by atoms with Gasteiger partial charge in [-0.1, -0.05) is 34.0 Å². The highest BCUT2D eigenvalue weighted by Crippen LogP contribution is 2.29. The second-order valence-corrected chi connectivity index (χ2v) is 7.73. The average Bonchev–Trinajstić information content (AvgIpc) is 2.74. The first-order valence-corrected chi connectivity index (χ1v) is 8.77. The minimum absolute atomic E-state index is 0.0882. The van der Waals surface area contributed by atoms with Gasteiger partial charge in [0.2, 0.25) is 10.0 Å². The molecule has 2 unspecified atom stereocenters. The number of halogens is 2. The van der Waals surface area contributed by atoms with E-state index in [1.54, 1.807) is 12.1 Å². The van der Waals surface area contributed by atoms with E-state index in [1.165, 1.54) is 6.07 Å². The topological polar surface area (TPSA) is 72.2 Å². The van der Waals surface area contributed by atoms with Gasteiger partial charge in [-0.2, -0.15) is 0 Å². The summed E-state index contributed by atoms with van der Waals surface area (Å²) in [5, 5.41) is 0.212. The van der Waals surface area contributed by atoms with Gasteiger partial charge in [0, 0.05) is 10.5 Å². The smallest absolute Gasteiger partial charge is 0.242 e. The van der Waals surface area contributed by atoms with Crippen molar-refractivity contribution in [3.63, 3.8) is 0 Å². The summed E-state index contributed by atoms with van der Waals surface area (Å²) in [4.78, 5) is 0.111. The third kappa shape index (κ3) is 3.49. The number of hydrogen-bond acceptors (Lipinski definition) is 3. The second-order valence-electron chi connectivity index (χ2n) is 4.73. The monoisotopic (exact) mass is 366 g/mol. The van der Waals surface area contributed by atoms with Crippen molar-refractivity contribution in [2.24, 2.45) is 11.7 Å². The van der Waals surface area contributed by atoms with Crippen molar-refractivity contribution < 1.29 is 8.42 Å². The summed E-state index contributed by atoms with van der Waals surface area (Å²) in [6.07, 6.45) is 2.80. The van der Waals surface area contributed by atoms with Crippen molar-refractivity contribution in [1.82, 2.24) is 4.72 Å². The molecule has 106 valence electrons. The lowest BCUT2D eigenvalue weighted by molar-refractivity contribution is 0.453. The quantitative estimate of drug-likeness (QED) is 0.859. The van der Waals surface area contributed by atoms with Gasteiger partial charge < -0.3 is 5.73 Å². The fourth-order valence-corrected chi connectivity index (χ4v) is 4.81. The number of rotatable bonds is 4. The maximum Gasteiger partial charge on any atom is 0.242 e. The van der Waals surface area contributed by atoms with Gasteiger partial charge in [-0.25, -0.2) is 13.1 Å². The molecule has 4 nitrogen and oxygen atoms in total. The number of benzene rings is 1. The summed E-state index contributed by atoms with van der Waals surface area (Å²) in [6.45, 7) is 0.501.